The summed E-state index contributed by atoms with van der Waals surface area (Å²) in [6.45, 7) is 0. The van der Waals surface area contributed by atoms with Gasteiger partial charge in [-0.1, -0.05) is 12.2 Å². The first-order valence-corrected chi connectivity index (χ1v) is 4.38. The van der Waals surface area contributed by atoms with Crippen LogP contribution in [0.25, 0.3) is 0 Å². The van der Waals surface area contributed by atoms with E-state index in [2.05, 4.69) is 9.47 Å². The third-order valence-corrected chi connectivity index (χ3v) is 2.18. The number of carbonyl (C=O) groups excluding carboxylic acids is 2. The topological polar surface area (TPSA) is 93.1 Å². The number of ether oxygens (including phenoxy) is 2. The molecule has 2 atom stereocenters. The van der Waals surface area contributed by atoms with Gasteiger partial charge in [0.1, 0.15) is 0 Å². The second kappa shape index (κ2) is 4.65. The zero-order chi connectivity index (χ0) is 12.3. The summed E-state index contributed by atoms with van der Waals surface area (Å²) >= 11 is 0. The van der Waals surface area contributed by atoms with Gasteiger partial charge in [-0.3, -0.25) is 4.90 Å². The zero-order valence-electron chi connectivity index (χ0n) is 8.75. The molecule has 16 heavy (non-hydrogen) atoms. The Morgan fingerprint density at radius 3 is 1.69 bits per heavy atom. The van der Waals surface area contributed by atoms with Crippen molar-refractivity contribution in [1.82, 2.24) is 4.90 Å². The lowest BCUT2D eigenvalue weighted by Gasteiger charge is -2.24. The molecular formula is C9H11NO6. The van der Waals surface area contributed by atoms with Crippen LogP contribution in [0.1, 0.15) is 0 Å². The molecule has 0 aromatic rings. The minimum absolute atomic E-state index is 0.678. The van der Waals surface area contributed by atoms with Crippen LogP contribution in [-0.4, -0.2) is 54.3 Å². The molecule has 1 amide bonds. The van der Waals surface area contributed by atoms with Gasteiger partial charge in [0, 0.05) is 0 Å². The monoisotopic (exact) mass is 229 g/mol. The first-order valence-electron chi connectivity index (χ1n) is 4.38. The second-order valence-corrected chi connectivity index (χ2v) is 3.01. The van der Waals surface area contributed by atoms with Crippen molar-refractivity contribution in [2.24, 2.45) is 0 Å². The van der Waals surface area contributed by atoms with E-state index in [9.17, 15) is 14.4 Å². The van der Waals surface area contributed by atoms with Crippen molar-refractivity contribution in [3.05, 3.63) is 12.2 Å². The predicted molar refractivity (Wildman–Crippen MR) is 50.6 cm³/mol. The molecule has 0 aromatic carbocycles. The number of hydrogen-bond acceptors (Lipinski definition) is 5. The molecule has 1 aliphatic heterocycles. The highest BCUT2D eigenvalue weighted by molar-refractivity contribution is 5.90. The van der Waals surface area contributed by atoms with Crippen LogP contribution in [0.5, 0.6) is 0 Å². The highest BCUT2D eigenvalue weighted by atomic mass is 16.5. The van der Waals surface area contributed by atoms with E-state index in [4.69, 9.17) is 5.11 Å². The van der Waals surface area contributed by atoms with E-state index in [-0.39, 0.29) is 0 Å². The van der Waals surface area contributed by atoms with Gasteiger partial charge in [0.05, 0.1) is 14.2 Å². The third-order valence-electron chi connectivity index (χ3n) is 2.18. The Labute approximate surface area is 91.2 Å². The van der Waals surface area contributed by atoms with Crippen LogP contribution in [0.3, 0.4) is 0 Å². The van der Waals surface area contributed by atoms with Gasteiger partial charge in [-0.25, -0.2) is 14.4 Å². The molecule has 0 spiro atoms. The highest BCUT2D eigenvalue weighted by Gasteiger charge is 2.41. The molecule has 0 aliphatic carbocycles. The summed E-state index contributed by atoms with van der Waals surface area (Å²) in [5.41, 5.74) is 0. The highest BCUT2D eigenvalue weighted by Crippen LogP contribution is 2.19. The van der Waals surface area contributed by atoms with Gasteiger partial charge < -0.3 is 14.6 Å². The molecule has 1 N–H and O–H groups in total. The Hall–Kier alpha value is -2.05. The molecule has 1 rings (SSSR count). The van der Waals surface area contributed by atoms with Gasteiger partial charge in [0.25, 0.3) is 0 Å². The lowest BCUT2D eigenvalue weighted by Crippen LogP contribution is -2.48. The standard InChI is InChI=1S/C9H11NO6/c1-15-7(11)5-3-4-6(8(12)16-2)10(5)9(13)14/h3-6H,1-2H3,(H,13,14)/t5-,6+. The minimum atomic E-state index is -1.39. The van der Waals surface area contributed by atoms with E-state index < -0.39 is 30.1 Å². The number of esters is 2. The van der Waals surface area contributed by atoms with Gasteiger partial charge in [-0.15, -0.1) is 0 Å². The SMILES string of the molecule is COC(=O)[C@H]1C=C[C@@H](C(=O)OC)N1C(=O)O. The van der Waals surface area contributed by atoms with Gasteiger partial charge >= 0.3 is 18.0 Å². The smallest absolute Gasteiger partial charge is 0.409 e. The average Bonchev–Trinajstić information content (AvgIpc) is 2.71. The van der Waals surface area contributed by atoms with Crippen molar-refractivity contribution in [3.63, 3.8) is 0 Å². The van der Waals surface area contributed by atoms with E-state index in [0.29, 0.717) is 4.90 Å². The number of carboxylic acid groups (broad SMARTS) is 1. The van der Waals surface area contributed by atoms with Crippen LogP contribution in [0.15, 0.2) is 12.2 Å². The van der Waals surface area contributed by atoms with E-state index in [1.54, 1.807) is 0 Å². The fraction of sp³-hybridized carbons (Fsp3) is 0.444. The quantitative estimate of drug-likeness (QED) is 0.512. The summed E-state index contributed by atoms with van der Waals surface area (Å²) in [5.74, 6) is -1.49. The molecule has 0 bridgehead atoms. The predicted octanol–water partition coefficient (Wildman–Crippen LogP) is -0.381. The Bertz CT molecular complexity index is 324. The molecule has 0 unspecified atom stereocenters. The summed E-state index contributed by atoms with van der Waals surface area (Å²) < 4.78 is 8.86. The summed E-state index contributed by atoms with van der Waals surface area (Å²) in [6.07, 6.45) is 1.19. The lowest BCUT2D eigenvalue weighted by molar-refractivity contribution is -0.148. The van der Waals surface area contributed by atoms with E-state index >= 15 is 0 Å². The average molecular weight is 229 g/mol. The van der Waals surface area contributed by atoms with Crippen molar-refractivity contribution in [1.29, 1.82) is 0 Å². The number of carbonyl (C=O) groups is 3. The largest absolute Gasteiger partial charge is 0.467 e. The maximum absolute atomic E-state index is 11.3. The molecule has 0 saturated carbocycles. The summed E-state index contributed by atoms with van der Waals surface area (Å²) in [4.78, 5) is 34.1. The Morgan fingerprint density at radius 1 is 1.06 bits per heavy atom. The molecule has 88 valence electrons. The van der Waals surface area contributed by atoms with E-state index in [0.717, 1.165) is 14.2 Å². The summed E-state index contributed by atoms with van der Waals surface area (Å²) in [5, 5.41) is 8.91. The normalized spacial score (nSPS) is 23.0. The second-order valence-electron chi connectivity index (χ2n) is 3.01. The number of amides is 1. The molecule has 7 nitrogen and oxygen atoms in total. The fourth-order valence-corrected chi connectivity index (χ4v) is 1.43. The van der Waals surface area contributed by atoms with Crippen molar-refractivity contribution >= 4 is 18.0 Å². The maximum atomic E-state index is 11.3. The van der Waals surface area contributed by atoms with Gasteiger partial charge in [0.2, 0.25) is 0 Å². The molecule has 0 saturated heterocycles. The molecular weight excluding hydrogens is 218 g/mol. The molecule has 0 radical (unpaired) electrons. The van der Waals surface area contributed by atoms with Crippen molar-refractivity contribution in [3.8, 4) is 0 Å². The number of rotatable bonds is 2. The summed E-state index contributed by atoms with van der Waals surface area (Å²) in [6, 6.07) is -2.21. The Morgan fingerprint density at radius 2 is 1.44 bits per heavy atom. The van der Waals surface area contributed by atoms with Crippen molar-refractivity contribution in [2.75, 3.05) is 14.2 Å². The molecule has 7 heteroatoms. The van der Waals surface area contributed by atoms with Crippen LogP contribution in [0.2, 0.25) is 0 Å². The summed E-state index contributed by atoms with van der Waals surface area (Å²) in [7, 11) is 2.28. The van der Waals surface area contributed by atoms with Gasteiger partial charge in [0.15, 0.2) is 12.1 Å². The first-order chi connectivity index (χ1) is 7.52. The minimum Gasteiger partial charge on any atom is -0.467 e. The van der Waals surface area contributed by atoms with Crippen LogP contribution in [0.4, 0.5) is 4.79 Å². The molecule has 0 fully saturated rings. The van der Waals surface area contributed by atoms with Gasteiger partial charge in [-0.2, -0.15) is 0 Å². The molecule has 0 aromatic heterocycles. The number of methoxy groups -OCH3 is 2. The van der Waals surface area contributed by atoms with Gasteiger partial charge in [-0.05, 0) is 0 Å². The van der Waals surface area contributed by atoms with Crippen molar-refractivity contribution < 1.29 is 29.0 Å². The van der Waals surface area contributed by atoms with Crippen molar-refractivity contribution in [2.45, 2.75) is 12.1 Å². The molecule has 1 aliphatic rings. The zero-order valence-corrected chi connectivity index (χ0v) is 8.75. The first kappa shape index (κ1) is 12.0. The Balaban J connectivity index is 2.94. The number of hydrogen-bond donors (Lipinski definition) is 1. The van der Waals surface area contributed by atoms with E-state index in [1.807, 2.05) is 0 Å². The lowest BCUT2D eigenvalue weighted by atomic mass is 10.3. The van der Waals surface area contributed by atoms with Crippen LogP contribution in [-0.2, 0) is 19.1 Å². The van der Waals surface area contributed by atoms with Crippen LogP contribution >= 0.6 is 0 Å². The number of nitrogens with zero attached hydrogens (tertiary/aromatic N) is 1. The fourth-order valence-electron chi connectivity index (χ4n) is 1.43. The maximum Gasteiger partial charge on any atom is 0.409 e. The van der Waals surface area contributed by atoms with Crippen LogP contribution < -0.4 is 0 Å². The van der Waals surface area contributed by atoms with Crippen LogP contribution in [0, 0.1) is 0 Å². The third kappa shape index (κ3) is 1.97. The Kier molecular flexibility index (Phi) is 3.49. The molecule has 1 heterocycles. The van der Waals surface area contributed by atoms with E-state index in [1.165, 1.54) is 12.2 Å².